The summed E-state index contributed by atoms with van der Waals surface area (Å²) in [4.78, 5) is 30.5. The molecule has 0 spiro atoms. The van der Waals surface area contributed by atoms with Crippen LogP contribution in [0.5, 0.6) is 0 Å². The Morgan fingerprint density at radius 2 is 0.529 bits per heavy atom. The van der Waals surface area contributed by atoms with E-state index in [1.807, 2.05) is 14.1 Å². The molecule has 24 nitrogen and oxygen atoms in total. The number of nitrogens with zero attached hydrogens (tertiary/aromatic N) is 12. The molecule has 6 saturated heterocycles. The van der Waals surface area contributed by atoms with Gasteiger partial charge in [-0.3, -0.25) is 58.8 Å². The fraction of sp³-hybridized carbons (Fsp3) is 1.00. The predicted octanol–water partition coefficient (Wildman–Crippen LogP) is 3.31. The van der Waals surface area contributed by atoms with E-state index < -0.39 is 0 Å². The van der Waals surface area contributed by atoms with Crippen molar-refractivity contribution in [1.82, 2.24) is 69.4 Å². The fourth-order valence-electron chi connectivity index (χ4n) is 15.9. The third kappa shape index (κ3) is 40.0. The van der Waals surface area contributed by atoms with Crippen LogP contribution in [-0.4, -0.2) is 374 Å². The van der Waals surface area contributed by atoms with Gasteiger partial charge in [-0.05, 0) is 219 Å². The van der Waals surface area contributed by atoms with Gasteiger partial charge >= 0.3 is 0 Å². The van der Waals surface area contributed by atoms with Gasteiger partial charge in [0.1, 0.15) is 0 Å². The van der Waals surface area contributed by atoms with Crippen LogP contribution in [0.3, 0.4) is 0 Å². The van der Waals surface area contributed by atoms with Gasteiger partial charge in [0.15, 0.2) is 0 Å². The molecule has 6 heterocycles. The summed E-state index contributed by atoms with van der Waals surface area (Å²) < 4.78 is 0. The normalized spacial score (nSPS) is 30.8. The van der Waals surface area contributed by atoms with Crippen molar-refractivity contribution in [3.63, 3.8) is 0 Å². The molecule has 0 aromatic carbocycles. The van der Waals surface area contributed by atoms with Crippen LogP contribution in [0, 0.1) is 0 Å². The molecular weight excluding hydrogens is 1300 g/mol. The standard InChI is InChI=1S/4C14H32N4.2C12H28N4/c1-11-7-18(10-14(5,6)16)12(2)8-17(11)9-13(3,4)15;1-9-7-18(14(6)12(4)16)10(2)8-17(9)13(5)11(3)15;1-11(15)5-7-17-9-14(4)18(10-13(17)3)8-6-12(2)16;1-5-13(15)9-17-7-12(4)18(8-11(17)3)10-14(16)6-2;1-9(13)5-15-7-12(4)16(6-10(2)14)8-11(15)3;1-11-9-16(8-6-14-4)12(2)10-15(11)7-5-13-3/h11-12H,7-10,15-16H2,1-6H3;9-14H,7-8,15-16H2,1-6H3;2*11-14H,5-10,15-16H2,1-4H3;9-12H,5-8,13-14H2,1-4H3;11-14H,5-10H2,1-4H3. The maximum absolute atomic E-state index is 6.14. The van der Waals surface area contributed by atoms with Crippen molar-refractivity contribution in [3.8, 4) is 0 Å². The number of likely N-dealkylation sites (N-methyl/N-ethyl adjacent to an activating group) is 2. The largest absolute Gasteiger partial charge is 0.328 e. The smallest absolute Gasteiger partial charge is 0.0226 e. The van der Waals surface area contributed by atoms with E-state index in [0.717, 1.165) is 157 Å². The molecule has 0 amide bonds. The van der Waals surface area contributed by atoms with Gasteiger partial charge in [-0.1, -0.05) is 13.8 Å². The lowest BCUT2D eigenvalue weighted by molar-refractivity contribution is -0.00838. The third-order valence-electron chi connectivity index (χ3n) is 23.2. The summed E-state index contributed by atoms with van der Waals surface area (Å²) in [6, 6.07) is 10.2. The van der Waals surface area contributed by atoms with Crippen LogP contribution in [0.2, 0.25) is 0 Å². The van der Waals surface area contributed by atoms with E-state index in [1.165, 1.54) is 26.2 Å². The van der Waals surface area contributed by atoms with Crippen LogP contribution in [0.1, 0.15) is 206 Å². The Balaban J connectivity index is 0.000000624. The molecule has 6 aliphatic rings. The second-order valence-electron chi connectivity index (χ2n) is 36.4. The van der Waals surface area contributed by atoms with Gasteiger partial charge in [0.25, 0.3) is 0 Å². The Labute approximate surface area is 644 Å². The Bertz CT molecular complexity index is 1970. The summed E-state index contributed by atoms with van der Waals surface area (Å²) in [7, 11) is 4.05. The maximum atomic E-state index is 6.14. The molecule has 0 saturated carbocycles. The third-order valence-corrected chi connectivity index (χ3v) is 23.2. The maximum Gasteiger partial charge on any atom is 0.0226 e. The molecule has 22 atom stereocenters. The highest BCUT2D eigenvalue weighted by molar-refractivity contribution is 4.96. The molecule has 104 heavy (non-hydrogen) atoms. The zero-order valence-corrected chi connectivity index (χ0v) is 73.6. The van der Waals surface area contributed by atoms with Crippen molar-refractivity contribution in [1.29, 1.82) is 0 Å². The summed E-state index contributed by atoms with van der Waals surface area (Å²) in [6.45, 7) is 83.6. The summed E-state index contributed by atoms with van der Waals surface area (Å²) in [5, 5.41) is 6.46. The minimum absolute atomic E-state index is 0.122. The van der Waals surface area contributed by atoms with Crippen molar-refractivity contribution in [2.45, 2.75) is 350 Å². The topological polar surface area (TPSA) is 323 Å². The first-order chi connectivity index (χ1) is 48.2. The van der Waals surface area contributed by atoms with E-state index >= 15 is 0 Å². The van der Waals surface area contributed by atoms with Crippen molar-refractivity contribution < 1.29 is 0 Å². The molecule has 6 aliphatic heterocycles. The number of hydrogen-bond acceptors (Lipinski definition) is 24. The average molecular weight is 1480 g/mol. The molecule has 24 heteroatoms. The summed E-state index contributed by atoms with van der Waals surface area (Å²) in [6.07, 6.45) is 4.30. The van der Waals surface area contributed by atoms with Crippen molar-refractivity contribution in [2.75, 3.05) is 171 Å². The number of nitrogens with two attached hydrogens (primary N) is 10. The fourth-order valence-corrected chi connectivity index (χ4v) is 15.9. The summed E-state index contributed by atoms with van der Waals surface area (Å²) >= 11 is 0. The minimum Gasteiger partial charge on any atom is -0.328 e. The Kier molecular flexibility index (Phi) is 49.5. The molecular formula is C80H184N24. The average Bonchev–Trinajstić information content (AvgIpc) is 0.816. The zero-order chi connectivity index (χ0) is 79.8. The van der Waals surface area contributed by atoms with Crippen LogP contribution in [0.25, 0.3) is 0 Å². The first-order valence-corrected chi connectivity index (χ1v) is 42.0. The molecule has 0 aromatic rings. The van der Waals surface area contributed by atoms with E-state index in [4.69, 9.17) is 57.3 Å². The SMILES string of the molecule is CC(N)C(C)N1CC(C)N(C(C)C(C)N)CC1C.CC(N)CCN1CC(C)N(CCC(C)N)CC1C.CC(N)CN1CC(C)N(CC(C)N)CC1C.CC1CN(CC(C)(C)N)C(C)CN1CC(C)(C)N.CCC(N)CN1CC(C)N(CC(N)CC)CC1C.CNCCN1CC(C)N(CCNC)CC1C. The van der Waals surface area contributed by atoms with E-state index in [1.54, 1.807) is 0 Å². The van der Waals surface area contributed by atoms with Crippen LogP contribution in [-0.2, 0) is 0 Å². The molecule has 6 rings (SSSR count). The zero-order valence-electron chi connectivity index (χ0n) is 73.6. The molecule has 0 aromatic heterocycles. The van der Waals surface area contributed by atoms with Gasteiger partial charge in [-0.25, -0.2) is 0 Å². The van der Waals surface area contributed by atoms with Gasteiger partial charge in [-0.15, -0.1) is 0 Å². The molecule has 0 bridgehead atoms. The molecule has 0 aliphatic carbocycles. The monoisotopic (exact) mass is 1480 g/mol. The molecule has 22 unspecified atom stereocenters. The van der Waals surface area contributed by atoms with Gasteiger partial charge < -0.3 is 68.0 Å². The van der Waals surface area contributed by atoms with Crippen LogP contribution in [0.15, 0.2) is 0 Å². The number of nitrogens with one attached hydrogen (secondary N) is 2. The van der Waals surface area contributed by atoms with E-state index in [-0.39, 0.29) is 35.2 Å². The number of rotatable bonds is 30. The number of hydrogen-bond donors (Lipinski definition) is 12. The lowest BCUT2D eigenvalue weighted by Crippen LogP contribution is -2.64. The quantitative estimate of drug-likeness (QED) is 0.0491. The first-order valence-electron chi connectivity index (χ1n) is 42.0. The molecule has 0 radical (unpaired) electrons. The van der Waals surface area contributed by atoms with E-state index in [0.29, 0.717) is 109 Å². The van der Waals surface area contributed by atoms with Gasteiger partial charge in [0, 0.05) is 288 Å². The number of piperazine rings is 6. The first kappa shape index (κ1) is 101. The van der Waals surface area contributed by atoms with Crippen LogP contribution >= 0.6 is 0 Å². The lowest BCUT2D eigenvalue weighted by atomic mass is 9.99. The Morgan fingerprint density at radius 1 is 0.308 bits per heavy atom. The predicted molar refractivity (Wildman–Crippen MR) is 454 cm³/mol. The van der Waals surface area contributed by atoms with Crippen molar-refractivity contribution in [3.05, 3.63) is 0 Å². The highest BCUT2D eigenvalue weighted by Gasteiger charge is 2.38. The van der Waals surface area contributed by atoms with Crippen LogP contribution in [0.4, 0.5) is 0 Å². The Morgan fingerprint density at radius 3 is 0.750 bits per heavy atom. The highest BCUT2D eigenvalue weighted by atomic mass is 15.4. The van der Waals surface area contributed by atoms with Crippen molar-refractivity contribution >= 4 is 0 Å². The Hall–Kier alpha value is -0.960. The lowest BCUT2D eigenvalue weighted by Gasteiger charge is -2.50. The second kappa shape index (κ2) is 50.9. The van der Waals surface area contributed by atoms with Crippen LogP contribution < -0.4 is 68.0 Å². The van der Waals surface area contributed by atoms with Gasteiger partial charge in [0.2, 0.25) is 0 Å². The van der Waals surface area contributed by atoms with E-state index in [2.05, 4.69) is 249 Å². The second-order valence-corrected chi connectivity index (χ2v) is 36.4. The molecule has 6 fully saturated rings. The summed E-state index contributed by atoms with van der Waals surface area (Å²) in [5.74, 6) is 0. The van der Waals surface area contributed by atoms with E-state index in [9.17, 15) is 0 Å². The van der Waals surface area contributed by atoms with Gasteiger partial charge in [-0.2, -0.15) is 0 Å². The molecule has 624 valence electrons. The minimum atomic E-state index is -0.122. The van der Waals surface area contributed by atoms with Gasteiger partial charge in [0.05, 0.1) is 0 Å². The summed E-state index contributed by atoms with van der Waals surface area (Å²) in [5.41, 5.74) is 59.7. The molecule has 22 N–H and O–H groups in total. The highest BCUT2D eigenvalue weighted by Crippen LogP contribution is 2.24. The van der Waals surface area contributed by atoms with Crippen molar-refractivity contribution in [2.24, 2.45) is 57.3 Å².